The molecule has 0 aliphatic rings. The molecule has 2 aromatic rings. The average molecular weight is 342 g/mol. The number of rotatable bonds is 4. The highest BCUT2D eigenvalue weighted by molar-refractivity contribution is 9.10. The van der Waals surface area contributed by atoms with E-state index in [-0.39, 0.29) is 11.7 Å². The quantitative estimate of drug-likeness (QED) is 0.853. The molecule has 0 spiro atoms. The molecular formula is C15H14BrF2NO. The highest BCUT2D eigenvalue weighted by Gasteiger charge is 2.11. The van der Waals surface area contributed by atoms with Crippen LogP contribution < -0.4 is 10.1 Å². The molecule has 1 unspecified atom stereocenters. The fourth-order valence-corrected chi connectivity index (χ4v) is 2.44. The van der Waals surface area contributed by atoms with Crippen LogP contribution in [0.4, 0.5) is 14.5 Å². The zero-order valence-corrected chi connectivity index (χ0v) is 12.7. The molecule has 2 aromatic carbocycles. The molecule has 0 heterocycles. The zero-order valence-electron chi connectivity index (χ0n) is 11.1. The summed E-state index contributed by atoms with van der Waals surface area (Å²) in [6, 6.07) is 8.74. The Morgan fingerprint density at radius 2 is 1.90 bits per heavy atom. The van der Waals surface area contributed by atoms with Crippen LogP contribution in [0, 0.1) is 11.6 Å². The van der Waals surface area contributed by atoms with Gasteiger partial charge in [0.25, 0.3) is 0 Å². The smallest absolute Gasteiger partial charge is 0.146 e. The highest BCUT2D eigenvalue weighted by atomic mass is 79.9. The van der Waals surface area contributed by atoms with Crippen molar-refractivity contribution in [3.05, 3.63) is 58.1 Å². The van der Waals surface area contributed by atoms with Gasteiger partial charge in [-0.1, -0.05) is 6.07 Å². The number of nitrogens with one attached hydrogen (secondary N) is 1. The maximum Gasteiger partial charge on any atom is 0.146 e. The van der Waals surface area contributed by atoms with Crippen LogP contribution in [0.15, 0.2) is 40.9 Å². The topological polar surface area (TPSA) is 21.3 Å². The molecular weight excluding hydrogens is 328 g/mol. The van der Waals surface area contributed by atoms with Crippen LogP contribution in [0.5, 0.6) is 5.75 Å². The fraction of sp³-hybridized carbons (Fsp3) is 0.200. The van der Waals surface area contributed by atoms with Crippen LogP contribution in [0.1, 0.15) is 18.5 Å². The Labute approximate surface area is 124 Å². The SMILES string of the molecule is COc1ccc(C(C)Nc2cc(F)ccc2F)cc1Br. The summed E-state index contributed by atoms with van der Waals surface area (Å²) < 4.78 is 32.7. The zero-order chi connectivity index (χ0) is 14.7. The summed E-state index contributed by atoms with van der Waals surface area (Å²) in [5.41, 5.74) is 1.07. The minimum atomic E-state index is -0.481. The number of hydrogen-bond acceptors (Lipinski definition) is 2. The molecule has 20 heavy (non-hydrogen) atoms. The van der Waals surface area contributed by atoms with Gasteiger partial charge in [0.05, 0.1) is 17.3 Å². The van der Waals surface area contributed by atoms with Crippen LogP contribution in [0.2, 0.25) is 0 Å². The van der Waals surface area contributed by atoms with Crippen molar-refractivity contribution in [2.75, 3.05) is 12.4 Å². The maximum atomic E-state index is 13.6. The van der Waals surface area contributed by atoms with Gasteiger partial charge < -0.3 is 10.1 Å². The first-order valence-electron chi connectivity index (χ1n) is 6.06. The number of methoxy groups -OCH3 is 1. The lowest BCUT2D eigenvalue weighted by molar-refractivity contribution is 0.412. The molecule has 0 aliphatic carbocycles. The van der Waals surface area contributed by atoms with Gasteiger partial charge in [-0.05, 0) is 58.7 Å². The van der Waals surface area contributed by atoms with Crippen molar-refractivity contribution in [1.29, 1.82) is 0 Å². The summed E-state index contributed by atoms with van der Waals surface area (Å²) in [5, 5.41) is 2.96. The first kappa shape index (κ1) is 14.8. The first-order valence-corrected chi connectivity index (χ1v) is 6.85. The van der Waals surface area contributed by atoms with Crippen molar-refractivity contribution >= 4 is 21.6 Å². The molecule has 0 aromatic heterocycles. The van der Waals surface area contributed by atoms with Crippen LogP contribution >= 0.6 is 15.9 Å². The van der Waals surface area contributed by atoms with Crippen molar-refractivity contribution in [2.24, 2.45) is 0 Å². The molecule has 0 radical (unpaired) electrons. The van der Waals surface area contributed by atoms with E-state index in [2.05, 4.69) is 21.2 Å². The molecule has 1 N–H and O–H groups in total. The Morgan fingerprint density at radius 3 is 2.55 bits per heavy atom. The summed E-state index contributed by atoms with van der Waals surface area (Å²) in [6.07, 6.45) is 0. The molecule has 1 atom stereocenters. The molecule has 0 fully saturated rings. The summed E-state index contributed by atoms with van der Waals surface area (Å²) >= 11 is 3.40. The number of anilines is 1. The second-order valence-corrected chi connectivity index (χ2v) is 5.24. The third-order valence-corrected chi connectivity index (χ3v) is 3.60. The van der Waals surface area contributed by atoms with Crippen molar-refractivity contribution in [3.8, 4) is 5.75 Å². The van der Waals surface area contributed by atoms with E-state index in [1.807, 2.05) is 25.1 Å². The first-order chi connectivity index (χ1) is 9.51. The molecule has 0 saturated carbocycles. The Balaban J connectivity index is 2.21. The molecule has 2 rings (SSSR count). The van der Waals surface area contributed by atoms with Gasteiger partial charge in [-0.15, -0.1) is 0 Å². The number of hydrogen-bond donors (Lipinski definition) is 1. The standard InChI is InChI=1S/C15H14BrF2NO/c1-9(10-3-6-15(20-2)12(16)7-10)19-14-8-11(17)4-5-13(14)18/h3-9,19H,1-2H3. The largest absolute Gasteiger partial charge is 0.496 e. The second kappa shape index (κ2) is 6.22. The van der Waals surface area contributed by atoms with E-state index in [9.17, 15) is 8.78 Å². The number of benzene rings is 2. The van der Waals surface area contributed by atoms with Crippen molar-refractivity contribution < 1.29 is 13.5 Å². The summed E-state index contributed by atoms with van der Waals surface area (Å²) in [6.45, 7) is 1.87. The van der Waals surface area contributed by atoms with Gasteiger partial charge in [-0.2, -0.15) is 0 Å². The Kier molecular flexibility index (Phi) is 4.60. The normalized spacial score (nSPS) is 12.1. The molecule has 0 amide bonds. The van der Waals surface area contributed by atoms with Gasteiger partial charge in [0, 0.05) is 6.04 Å². The summed E-state index contributed by atoms with van der Waals surface area (Å²) in [4.78, 5) is 0. The van der Waals surface area contributed by atoms with E-state index in [1.165, 1.54) is 0 Å². The minimum Gasteiger partial charge on any atom is -0.496 e. The van der Waals surface area contributed by atoms with E-state index < -0.39 is 11.6 Å². The highest BCUT2D eigenvalue weighted by Crippen LogP contribution is 2.29. The fourth-order valence-electron chi connectivity index (χ4n) is 1.88. The third kappa shape index (κ3) is 3.28. The van der Waals surface area contributed by atoms with Crippen LogP contribution in [0.25, 0.3) is 0 Å². The van der Waals surface area contributed by atoms with E-state index >= 15 is 0 Å². The average Bonchev–Trinajstić information content (AvgIpc) is 2.42. The predicted molar refractivity (Wildman–Crippen MR) is 79.1 cm³/mol. The van der Waals surface area contributed by atoms with Crippen LogP contribution in [-0.4, -0.2) is 7.11 Å². The lowest BCUT2D eigenvalue weighted by Crippen LogP contribution is -2.08. The van der Waals surface area contributed by atoms with E-state index in [4.69, 9.17) is 4.74 Å². The molecule has 0 saturated heterocycles. The van der Waals surface area contributed by atoms with Gasteiger partial charge in [-0.25, -0.2) is 8.78 Å². The lowest BCUT2D eigenvalue weighted by Gasteiger charge is -2.17. The maximum absolute atomic E-state index is 13.6. The Hall–Kier alpha value is -1.62. The number of halogens is 3. The lowest BCUT2D eigenvalue weighted by atomic mass is 10.1. The molecule has 0 bridgehead atoms. The summed E-state index contributed by atoms with van der Waals surface area (Å²) in [7, 11) is 1.59. The van der Waals surface area contributed by atoms with Crippen molar-refractivity contribution in [1.82, 2.24) is 0 Å². The van der Waals surface area contributed by atoms with Gasteiger partial charge >= 0.3 is 0 Å². The number of ether oxygens (including phenoxy) is 1. The third-order valence-electron chi connectivity index (χ3n) is 2.98. The molecule has 5 heteroatoms. The molecule has 106 valence electrons. The van der Waals surface area contributed by atoms with Crippen LogP contribution in [0.3, 0.4) is 0 Å². The molecule has 2 nitrogen and oxygen atoms in total. The van der Waals surface area contributed by atoms with Gasteiger partial charge in [0.2, 0.25) is 0 Å². The van der Waals surface area contributed by atoms with Gasteiger partial charge in [0.15, 0.2) is 0 Å². The Bertz CT molecular complexity index is 619. The van der Waals surface area contributed by atoms with Crippen molar-refractivity contribution in [2.45, 2.75) is 13.0 Å². The van der Waals surface area contributed by atoms with E-state index in [0.29, 0.717) is 0 Å². The monoisotopic (exact) mass is 341 g/mol. The summed E-state index contributed by atoms with van der Waals surface area (Å²) in [5.74, 6) is -0.235. The predicted octanol–water partition coefficient (Wildman–Crippen LogP) is 4.91. The molecule has 0 aliphatic heterocycles. The van der Waals surface area contributed by atoms with E-state index in [0.717, 1.165) is 34.0 Å². The Morgan fingerprint density at radius 1 is 1.15 bits per heavy atom. The van der Waals surface area contributed by atoms with Crippen molar-refractivity contribution in [3.63, 3.8) is 0 Å². The van der Waals surface area contributed by atoms with Crippen LogP contribution in [-0.2, 0) is 0 Å². The van der Waals surface area contributed by atoms with E-state index in [1.54, 1.807) is 7.11 Å². The second-order valence-electron chi connectivity index (χ2n) is 4.38. The van der Waals surface area contributed by atoms with Gasteiger partial charge in [-0.3, -0.25) is 0 Å². The van der Waals surface area contributed by atoms with Gasteiger partial charge in [0.1, 0.15) is 17.4 Å². The minimum absolute atomic E-state index is 0.143.